The number of amides is 1. The van der Waals surface area contributed by atoms with Crippen molar-refractivity contribution in [2.75, 3.05) is 5.32 Å². The predicted molar refractivity (Wildman–Crippen MR) is 84.2 cm³/mol. The fourth-order valence-corrected chi connectivity index (χ4v) is 2.34. The Balaban J connectivity index is 1.76. The van der Waals surface area contributed by atoms with E-state index in [1.165, 1.54) is 6.92 Å². The summed E-state index contributed by atoms with van der Waals surface area (Å²) in [6.07, 6.45) is 1.87. The molecular formula is C17H18N3O2+. The number of anilines is 1. The number of para-hydroxylation sites is 2. The Hall–Kier alpha value is -2.66. The van der Waals surface area contributed by atoms with Gasteiger partial charge in [-0.2, -0.15) is 5.10 Å². The Kier molecular flexibility index (Phi) is 3.65. The number of hydrogen-bond acceptors (Lipinski definition) is 2. The second-order valence-electron chi connectivity index (χ2n) is 5.55. The Morgan fingerprint density at radius 3 is 2.59 bits per heavy atom. The van der Waals surface area contributed by atoms with Crippen molar-refractivity contribution in [2.45, 2.75) is 19.1 Å². The van der Waals surface area contributed by atoms with Gasteiger partial charge in [0.2, 0.25) is 18.3 Å². The zero-order valence-corrected chi connectivity index (χ0v) is 12.3. The molecule has 5 heteroatoms. The van der Waals surface area contributed by atoms with Gasteiger partial charge in [-0.3, -0.25) is 4.79 Å². The van der Waals surface area contributed by atoms with Crippen molar-refractivity contribution in [3.63, 3.8) is 0 Å². The fraction of sp³-hybridized carbons (Fsp3) is 0.176. The molecule has 0 fully saturated rings. The van der Waals surface area contributed by atoms with E-state index < -0.39 is 11.5 Å². The lowest BCUT2D eigenvalue weighted by molar-refractivity contribution is -0.756. The number of nitrogens with one attached hydrogen (secondary N) is 2. The lowest BCUT2D eigenvalue weighted by atomic mass is 10.1. The van der Waals surface area contributed by atoms with Crippen molar-refractivity contribution in [3.8, 4) is 0 Å². The van der Waals surface area contributed by atoms with Crippen LogP contribution in [0.25, 0.3) is 10.9 Å². The number of nitrogens with zero attached hydrogens (tertiary/aromatic N) is 1. The van der Waals surface area contributed by atoms with Gasteiger partial charge >= 0.3 is 0 Å². The van der Waals surface area contributed by atoms with Gasteiger partial charge in [0.15, 0.2) is 0 Å². The molecule has 1 heterocycles. The topological polar surface area (TPSA) is 69.0 Å². The maximum atomic E-state index is 12.3. The third-order valence-electron chi connectivity index (χ3n) is 3.52. The van der Waals surface area contributed by atoms with Crippen LogP contribution in [0.2, 0.25) is 0 Å². The van der Waals surface area contributed by atoms with Gasteiger partial charge in [-0.25, -0.2) is 0 Å². The first-order valence-electron chi connectivity index (χ1n) is 7.11. The van der Waals surface area contributed by atoms with Crippen LogP contribution in [0, 0.1) is 0 Å². The molecule has 0 saturated carbocycles. The number of aromatic nitrogens is 2. The van der Waals surface area contributed by atoms with Crippen LogP contribution in [0.4, 0.5) is 5.69 Å². The van der Waals surface area contributed by atoms with Crippen molar-refractivity contribution in [2.24, 2.45) is 0 Å². The monoisotopic (exact) mass is 296 g/mol. The molecule has 22 heavy (non-hydrogen) atoms. The maximum absolute atomic E-state index is 12.3. The van der Waals surface area contributed by atoms with Crippen LogP contribution in [0.3, 0.4) is 0 Å². The Bertz CT molecular complexity index is 761. The zero-order valence-electron chi connectivity index (χ0n) is 12.3. The summed E-state index contributed by atoms with van der Waals surface area (Å²) in [5.74, 6) is -0.440. The highest BCUT2D eigenvalue weighted by molar-refractivity contribution is 5.96. The van der Waals surface area contributed by atoms with Crippen molar-refractivity contribution >= 4 is 22.5 Å². The average molecular weight is 296 g/mol. The predicted octanol–water partition coefficient (Wildman–Crippen LogP) is 1.85. The quantitative estimate of drug-likeness (QED) is 0.643. The molecule has 0 aliphatic rings. The summed E-state index contributed by atoms with van der Waals surface area (Å²) in [6, 6.07) is 16.9. The molecule has 112 valence electrons. The lowest BCUT2D eigenvalue weighted by Gasteiger charge is -2.18. The highest BCUT2D eigenvalue weighted by Crippen LogP contribution is 2.12. The minimum atomic E-state index is -1.53. The third-order valence-corrected chi connectivity index (χ3v) is 3.52. The average Bonchev–Trinajstić information content (AvgIpc) is 2.89. The van der Waals surface area contributed by atoms with Crippen LogP contribution in [0.5, 0.6) is 0 Å². The molecule has 1 amide bonds. The third kappa shape index (κ3) is 2.99. The number of aromatic amines is 1. The number of aliphatic hydroxyl groups is 1. The number of rotatable bonds is 4. The number of carbonyl (C=O) groups excluding carboxylic acids is 1. The summed E-state index contributed by atoms with van der Waals surface area (Å²) in [4.78, 5) is 12.3. The SMILES string of the molecule is C[C@](O)(C[n+]1cc2ccccc2[nH]1)C(=O)Nc1ccccc1. The number of benzene rings is 2. The number of hydrogen-bond donors (Lipinski definition) is 3. The summed E-state index contributed by atoms with van der Waals surface area (Å²) in [5.41, 5.74) is 0.0951. The molecule has 0 unspecified atom stereocenters. The van der Waals surface area contributed by atoms with Gasteiger partial charge in [0.1, 0.15) is 5.52 Å². The van der Waals surface area contributed by atoms with Crippen LogP contribution in [0.1, 0.15) is 6.92 Å². The van der Waals surface area contributed by atoms with Crippen molar-refractivity contribution in [3.05, 3.63) is 60.8 Å². The fourth-order valence-electron chi connectivity index (χ4n) is 2.34. The van der Waals surface area contributed by atoms with Crippen LogP contribution < -0.4 is 10.00 Å². The standard InChI is InChI=1S/C17H17N3O2/c1-17(22,16(21)18-14-8-3-2-4-9-14)12-20-11-13-7-5-6-10-15(13)19-20/h2-11,22H,12H2,1H3,(H,18,21)/p+1/t17-/m0/s1. The number of H-pyrrole nitrogens is 1. The largest absolute Gasteiger partial charge is 0.375 e. The Morgan fingerprint density at radius 2 is 1.86 bits per heavy atom. The lowest BCUT2D eigenvalue weighted by Crippen LogP contribution is -2.53. The molecule has 3 rings (SSSR count). The molecule has 5 nitrogen and oxygen atoms in total. The van der Waals surface area contributed by atoms with E-state index in [2.05, 4.69) is 10.4 Å². The first-order chi connectivity index (χ1) is 10.5. The van der Waals surface area contributed by atoms with Crippen LogP contribution in [-0.2, 0) is 11.3 Å². The van der Waals surface area contributed by atoms with Gasteiger partial charge in [0, 0.05) is 5.69 Å². The smallest absolute Gasteiger partial charge is 0.262 e. The van der Waals surface area contributed by atoms with Crippen LogP contribution in [0.15, 0.2) is 60.8 Å². The van der Waals surface area contributed by atoms with E-state index in [-0.39, 0.29) is 6.54 Å². The highest BCUT2D eigenvalue weighted by atomic mass is 16.3. The minimum absolute atomic E-state index is 0.139. The molecular weight excluding hydrogens is 278 g/mol. The summed E-state index contributed by atoms with van der Waals surface area (Å²) in [7, 11) is 0. The molecule has 2 aromatic carbocycles. The van der Waals surface area contributed by atoms with Crippen LogP contribution in [-0.4, -0.2) is 21.7 Å². The summed E-state index contributed by atoms with van der Waals surface area (Å²) >= 11 is 0. The van der Waals surface area contributed by atoms with Gasteiger partial charge in [0.25, 0.3) is 5.91 Å². The molecule has 0 bridgehead atoms. The van der Waals surface area contributed by atoms with Gasteiger partial charge in [-0.05, 0) is 31.2 Å². The molecule has 0 spiro atoms. The molecule has 1 aromatic heterocycles. The molecule has 0 saturated heterocycles. The minimum Gasteiger partial charge on any atom is -0.375 e. The first-order valence-corrected chi connectivity index (χ1v) is 7.11. The summed E-state index contributed by atoms with van der Waals surface area (Å²) in [5, 5.41) is 17.4. The second-order valence-corrected chi connectivity index (χ2v) is 5.55. The van der Waals surface area contributed by atoms with E-state index in [1.54, 1.807) is 16.8 Å². The summed E-state index contributed by atoms with van der Waals surface area (Å²) in [6.45, 7) is 1.64. The van der Waals surface area contributed by atoms with E-state index in [9.17, 15) is 9.90 Å². The zero-order chi connectivity index (χ0) is 15.6. The molecule has 0 aliphatic heterocycles. The molecule has 3 N–H and O–H groups in total. The Labute approximate surface area is 128 Å². The maximum Gasteiger partial charge on any atom is 0.262 e. The van der Waals surface area contributed by atoms with E-state index in [0.29, 0.717) is 5.69 Å². The van der Waals surface area contributed by atoms with Gasteiger partial charge in [-0.15, -0.1) is 4.68 Å². The first kappa shape index (κ1) is 14.3. The van der Waals surface area contributed by atoms with E-state index >= 15 is 0 Å². The van der Waals surface area contributed by atoms with E-state index in [0.717, 1.165) is 10.9 Å². The molecule has 0 aliphatic carbocycles. The van der Waals surface area contributed by atoms with Gasteiger partial charge in [0.05, 0.1) is 5.39 Å². The van der Waals surface area contributed by atoms with Crippen molar-refractivity contribution < 1.29 is 14.6 Å². The van der Waals surface area contributed by atoms with E-state index in [1.807, 2.05) is 48.7 Å². The highest BCUT2D eigenvalue weighted by Gasteiger charge is 2.36. The van der Waals surface area contributed by atoms with Crippen molar-refractivity contribution in [1.29, 1.82) is 0 Å². The van der Waals surface area contributed by atoms with E-state index in [4.69, 9.17) is 0 Å². The van der Waals surface area contributed by atoms with Gasteiger partial charge < -0.3 is 10.4 Å². The van der Waals surface area contributed by atoms with Crippen molar-refractivity contribution in [1.82, 2.24) is 5.10 Å². The normalized spacial score (nSPS) is 13.7. The number of fused-ring (bicyclic) bond motifs is 1. The summed E-state index contributed by atoms with van der Waals surface area (Å²) < 4.78 is 1.72. The number of carbonyl (C=O) groups is 1. The molecule has 1 atom stereocenters. The molecule has 3 aromatic rings. The Morgan fingerprint density at radius 1 is 1.18 bits per heavy atom. The second kappa shape index (κ2) is 5.61. The van der Waals surface area contributed by atoms with Crippen LogP contribution >= 0.6 is 0 Å². The van der Waals surface area contributed by atoms with Gasteiger partial charge in [-0.1, -0.05) is 30.3 Å². The molecule has 0 radical (unpaired) electrons.